The van der Waals surface area contributed by atoms with Gasteiger partial charge in [-0.1, -0.05) is 42.5 Å². The van der Waals surface area contributed by atoms with Crippen molar-refractivity contribution in [1.82, 2.24) is 4.57 Å². The molecule has 5 aromatic rings. The van der Waals surface area contributed by atoms with Crippen molar-refractivity contribution < 1.29 is 9.15 Å². The Morgan fingerprint density at radius 2 is 1.64 bits per heavy atom. The van der Waals surface area contributed by atoms with E-state index in [0.29, 0.717) is 16.9 Å². The van der Waals surface area contributed by atoms with Crippen molar-refractivity contribution in [3.63, 3.8) is 0 Å². The summed E-state index contributed by atoms with van der Waals surface area (Å²) in [6, 6.07) is 23.6. The second-order valence-corrected chi connectivity index (χ2v) is 8.52. The summed E-state index contributed by atoms with van der Waals surface area (Å²) in [5, 5.41) is 4.90. The van der Waals surface area contributed by atoms with Gasteiger partial charge in [0, 0.05) is 18.1 Å². The lowest BCUT2D eigenvalue weighted by molar-refractivity contribution is 0.242. The van der Waals surface area contributed by atoms with Gasteiger partial charge >= 0.3 is 0 Å². The maximum Gasteiger partial charge on any atom is 0.262 e. The molecular formula is C28H26N2O3. The molecule has 0 fully saturated rings. The van der Waals surface area contributed by atoms with Crippen LogP contribution >= 0.6 is 0 Å². The summed E-state index contributed by atoms with van der Waals surface area (Å²) in [4.78, 5) is 13.5. The molecule has 5 nitrogen and oxygen atoms in total. The lowest BCUT2D eigenvalue weighted by atomic mass is 10.0. The van der Waals surface area contributed by atoms with Crippen LogP contribution in [-0.4, -0.2) is 10.7 Å². The van der Waals surface area contributed by atoms with Crippen molar-refractivity contribution in [2.24, 2.45) is 7.05 Å². The molecule has 2 heterocycles. The number of benzene rings is 3. The van der Waals surface area contributed by atoms with E-state index in [9.17, 15) is 4.79 Å². The highest BCUT2D eigenvalue weighted by atomic mass is 16.5. The summed E-state index contributed by atoms with van der Waals surface area (Å²) in [6.07, 6.45) is 0.0857. The Morgan fingerprint density at radius 3 is 2.36 bits per heavy atom. The molecule has 0 saturated heterocycles. The molecule has 0 radical (unpaired) electrons. The Morgan fingerprint density at radius 1 is 0.939 bits per heavy atom. The summed E-state index contributed by atoms with van der Waals surface area (Å²) < 4.78 is 13.9. The van der Waals surface area contributed by atoms with Gasteiger partial charge in [0.15, 0.2) is 5.58 Å². The van der Waals surface area contributed by atoms with Crippen molar-refractivity contribution in [3.05, 3.63) is 88.7 Å². The Hall–Kier alpha value is -3.99. The smallest absolute Gasteiger partial charge is 0.262 e. The van der Waals surface area contributed by atoms with Crippen LogP contribution in [0.25, 0.3) is 33.0 Å². The third kappa shape index (κ3) is 3.65. The minimum absolute atomic E-state index is 0.0857. The van der Waals surface area contributed by atoms with E-state index in [1.165, 1.54) is 0 Å². The largest absolute Gasteiger partial charge is 0.491 e. The molecule has 0 saturated carbocycles. The third-order valence-electron chi connectivity index (χ3n) is 5.84. The molecule has 166 valence electrons. The predicted molar refractivity (Wildman–Crippen MR) is 135 cm³/mol. The normalized spacial score (nSPS) is 11.4. The van der Waals surface area contributed by atoms with Gasteiger partial charge in [-0.3, -0.25) is 4.79 Å². The molecule has 33 heavy (non-hydrogen) atoms. The summed E-state index contributed by atoms with van der Waals surface area (Å²) in [5.41, 5.74) is 4.97. The number of ether oxygens (including phenoxy) is 1. The van der Waals surface area contributed by atoms with Crippen molar-refractivity contribution in [2.45, 2.75) is 26.9 Å². The number of aromatic nitrogens is 1. The van der Waals surface area contributed by atoms with Gasteiger partial charge in [0.05, 0.1) is 22.6 Å². The Balaban J connectivity index is 1.79. The van der Waals surface area contributed by atoms with Crippen LogP contribution in [0.1, 0.15) is 19.4 Å². The SMILES string of the molecule is Cc1ccccc1Nc1oc2c(c1-c1ccc(OC(C)C)cc1)c(=O)n(C)c1ccccc21. The highest BCUT2D eigenvalue weighted by Crippen LogP contribution is 2.41. The standard InChI is InChI=1S/C28H26N2O3/c1-17(2)32-20-15-13-19(14-16-20)24-25-26(21-10-6-8-12-23(21)30(4)28(25)31)33-27(24)29-22-11-7-5-9-18(22)3/h5-17,29H,1-4H3. The minimum Gasteiger partial charge on any atom is -0.491 e. The van der Waals surface area contributed by atoms with Crippen LogP contribution in [0.5, 0.6) is 5.75 Å². The lowest BCUT2D eigenvalue weighted by Gasteiger charge is -2.11. The number of furan rings is 1. The van der Waals surface area contributed by atoms with Crippen LogP contribution in [0.4, 0.5) is 11.6 Å². The van der Waals surface area contributed by atoms with E-state index in [-0.39, 0.29) is 11.7 Å². The monoisotopic (exact) mass is 438 g/mol. The predicted octanol–water partition coefficient (Wildman–Crippen LogP) is 6.79. The molecule has 5 heteroatoms. The van der Waals surface area contributed by atoms with E-state index in [0.717, 1.165) is 39.0 Å². The van der Waals surface area contributed by atoms with Crippen LogP contribution < -0.4 is 15.6 Å². The number of rotatable bonds is 5. The number of hydrogen-bond donors (Lipinski definition) is 1. The molecule has 0 spiro atoms. The van der Waals surface area contributed by atoms with Crippen LogP contribution in [0.3, 0.4) is 0 Å². The van der Waals surface area contributed by atoms with E-state index in [1.54, 1.807) is 11.6 Å². The molecule has 1 N–H and O–H groups in total. The number of hydrogen-bond acceptors (Lipinski definition) is 4. The summed E-state index contributed by atoms with van der Waals surface area (Å²) in [7, 11) is 1.80. The zero-order chi connectivity index (χ0) is 23.1. The number of aryl methyl sites for hydroxylation is 2. The van der Waals surface area contributed by atoms with Gasteiger partial charge in [-0.15, -0.1) is 0 Å². The van der Waals surface area contributed by atoms with Gasteiger partial charge in [0.25, 0.3) is 5.56 Å². The number of nitrogens with one attached hydrogen (secondary N) is 1. The highest BCUT2D eigenvalue weighted by Gasteiger charge is 2.23. The van der Waals surface area contributed by atoms with E-state index in [2.05, 4.69) is 5.32 Å². The van der Waals surface area contributed by atoms with Crippen molar-refractivity contribution in [1.29, 1.82) is 0 Å². The van der Waals surface area contributed by atoms with Crippen LogP contribution in [0.2, 0.25) is 0 Å². The molecule has 0 aliphatic heterocycles. The molecular weight excluding hydrogens is 412 g/mol. The van der Waals surface area contributed by atoms with Gasteiger partial charge in [-0.2, -0.15) is 0 Å². The Kier molecular flexibility index (Phi) is 5.17. The molecule has 0 aliphatic carbocycles. The first kappa shape index (κ1) is 20.9. The minimum atomic E-state index is -0.0946. The lowest BCUT2D eigenvalue weighted by Crippen LogP contribution is -2.17. The molecule has 0 bridgehead atoms. The van der Waals surface area contributed by atoms with E-state index < -0.39 is 0 Å². The zero-order valence-corrected chi connectivity index (χ0v) is 19.2. The quantitative estimate of drug-likeness (QED) is 0.328. The van der Waals surface area contributed by atoms with Gasteiger partial charge in [-0.25, -0.2) is 0 Å². The molecule has 0 atom stereocenters. The van der Waals surface area contributed by atoms with Gasteiger partial charge in [0.1, 0.15) is 5.75 Å². The van der Waals surface area contributed by atoms with Gasteiger partial charge in [-0.05, 0) is 62.2 Å². The topological polar surface area (TPSA) is 56.4 Å². The van der Waals surface area contributed by atoms with Gasteiger partial charge < -0.3 is 19.0 Å². The maximum absolute atomic E-state index is 13.5. The fourth-order valence-electron chi connectivity index (χ4n) is 4.23. The zero-order valence-electron chi connectivity index (χ0n) is 19.2. The second kappa shape index (κ2) is 8.17. The van der Waals surface area contributed by atoms with Crippen molar-refractivity contribution >= 4 is 33.4 Å². The number of fused-ring (bicyclic) bond motifs is 3. The summed E-state index contributed by atoms with van der Waals surface area (Å²) in [5.74, 6) is 1.33. The summed E-state index contributed by atoms with van der Waals surface area (Å²) in [6.45, 7) is 6.03. The third-order valence-corrected chi connectivity index (χ3v) is 5.84. The molecule has 2 aromatic heterocycles. The van der Waals surface area contributed by atoms with E-state index in [4.69, 9.17) is 9.15 Å². The fourth-order valence-corrected chi connectivity index (χ4v) is 4.23. The number of nitrogens with zero attached hydrogens (tertiary/aromatic N) is 1. The summed E-state index contributed by atoms with van der Waals surface area (Å²) >= 11 is 0. The van der Waals surface area contributed by atoms with Crippen molar-refractivity contribution in [2.75, 3.05) is 5.32 Å². The first-order chi connectivity index (χ1) is 15.9. The fraction of sp³-hybridized carbons (Fsp3) is 0.179. The average Bonchev–Trinajstić information content (AvgIpc) is 3.18. The molecule has 0 amide bonds. The number of para-hydroxylation sites is 2. The van der Waals surface area contributed by atoms with Crippen LogP contribution in [0, 0.1) is 6.92 Å². The highest BCUT2D eigenvalue weighted by molar-refractivity contribution is 6.11. The first-order valence-corrected chi connectivity index (χ1v) is 11.1. The Bertz CT molecular complexity index is 1530. The average molecular weight is 439 g/mol. The molecule has 0 aliphatic rings. The molecule has 5 rings (SSSR count). The number of anilines is 2. The van der Waals surface area contributed by atoms with Crippen molar-refractivity contribution in [3.8, 4) is 16.9 Å². The van der Waals surface area contributed by atoms with E-state index in [1.807, 2.05) is 93.6 Å². The molecule has 0 unspecified atom stereocenters. The van der Waals surface area contributed by atoms with E-state index >= 15 is 0 Å². The van der Waals surface area contributed by atoms with Crippen LogP contribution in [-0.2, 0) is 7.05 Å². The first-order valence-electron chi connectivity index (χ1n) is 11.1. The Labute approximate surface area is 192 Å². The molecule has 3 aromatic carbocycles. The number of pyridine rings is 1. The maximum atomic E-state index is 13.5. The second-order valence-electron chi connectivity index (χ2n) is 8.52. The van der Waals surface area contributed by atoms with Gasteiger partial charge in [0.2, 0.25) is 5.88 Å². The van der Waals surface area contributed by atoms with Crippen LogP contribution in [0.15, 0.2) is 82.0 Å².